The molecule has 0 saturated carbocycles. The van der Waals surface area contributed by atoms with Gasteiger partial charge in [0.15, 0.2) is 11.0 Å². The topological polar surface area (TPSA) is 63.9 Å². The van der Waals surface area contributed by atoms with Crippen LogP contribution in [0.15, 0.2) is 78.2 Å². The molecule has 7 heteroatoms. The van der Waals surface area contributed by atoms with Gasteiger partial charge < -0.3 is 4.90 Å². The second kappa shape index (κ2) is 10.4. The van der Waals surface area contributed by atoms with E-state index in [1.807, 2.05) is 47.5 Å². The van der Waals surface area contributed by atoms with Crippen LogP contribution >= 0.6 is 11.8 Å². The van der Waals surface area contributed by atoms with Gasteiger partial charge >= 0.3 is 0 Å². The van der Waals surface area contributed by atoms with Crippen LogP contribution in [0.4, 0.5) is 0 Å². The van der Waals surface area contributed by atoms with Crippen molar-refractivity contribution in [2.75, 3.05) is 13.1 Å². The number of pyridine rings is 1. The van der Waals surface area contributed by atoms with E-state index >= 15 is 0 Å². The Morgan fingerprint density at radius 2 is 1.74 bits per heavy atom. The number of para-hydroxylation sites is 1. The Kier molecular flexibility index (Phi) is 6.95. The molecule has 4 aromatic rings. The molecular weight excluding hydrogens is 454 g/mol. The van der Waals surface area contributed by atoms with E-state index in [1.54, 1.807) is 18.0 Å². The zero-order valence-corrected chi connectivity index (χ0v) is 20.9. The fourth-order valence-corrected chi connectivity index (χ4v) is 5.34. The number of aromatic nitrogens is 4. The fourth-order valence-electron chi connectivity index (χ4n) is 4.44. The summed E-state index contributed by atoms with van der Waals surface area (Å²) in [6.07, 6.45) is 5.79. The zero-order chi connectivity index (χ0) is 24.2. The monoisotopic (exact) mass is 483 g/mol. The van der Waals surface area contributed by atoms with Gasteiger partial charge in [0.05, 0.1) is 5.69 Å². The molecule has 1 fully saturated rings. The van der Waals surface area contributed by atoms with E-state index in [0.29, 0.717) is 5.92 Å². The van der Waals surface area contributed by atoms with Crippen LogP contribution < -0.4 is 0 Å². The molecule has 0 atom stereocenters. The SMILES string of the molecule is CC(C)c1ccccc1-n1c(SCc2ccc(C(=O)N3CCCC3)cc2)nnc1-c1cccnc1. The fraction of sp³-hybridized carbons (Fsp3) is 0.286. The highest BCUT2D eigenvalue weighted by atomic mass is 32.2. The Labute approximate surface area is 210 Å². The molecule has 6 nitrogen and oxygen atoms in total. The Balaban J connectivity index is 1.43. The van der Waals surface area contributed by atoms with Crippen LogP contribution in [0.2, 0.25) is 0 Å². The Morgan fingerprint density at radius 3 is 2.46 bits per heavy atom. The van der Waals surface area contributed by atoms with Crippen LogP contribution in [0, 0.1) is 0 Å². The van der Waals surface area contributed by atoms with Crippen molar-refractivity contribution < 1.29 is 4.79 Å². The molecular formula is C28H29N5OS. The molecule has 3 heterocycles. The third kappa shape index (κ3) is 5.00. The number of likely N-dealkylation sites (tertiary alicyclic amines) is 1. The van der Waals surface area contributed by atoms with Crippen molar-refractivity contribution in [2.24, 2.45) is 0 Å². The van der Waals surface area contributed by atoms with Crippen molar-refractivity contribution in [3.8, 4) is 17.1 Å². The highest BCUT2D eigenvalue weighted by molar-refractivity contribution is 7.98. The predicted octanol–water partition coefficient (Wildman–Crippen LogP) is 5.98. The van der Waals surface area contributed by atoms with Gasteiger partial charge in [-0.25, -0.2) is 0 Å². The minimum Gasteiger partial charge on any atom is -0.339 e. The lowest BCUT2D eigenvalue weighted by molar-refractivity contribution is 0.0793. The summed E-state index contributed by atoms with van der Waals surface area (Å²) in [6.45, 7) is 6.13. The molecule has 5 rings (SSSR count). The summed E-state index contributed by atoms with van der Waals surface area (Å²) in [5.74, 6) is 2.00. The van der Waals surface area contributed by atoms with Gasteiger partial charge in [-0.1, -0.05) is 55.9 Å². The van der Waals surface area contributed by atoms with Gasteiger partial charge in [0.2, 0.25) is 0 Å². The normalized spacial score (nSPS) is 13.5. The number of amides is 1. The molecule has 178 valence electrons. The Hall–Kier alpha value is -3.45. The second-order valence-electron chi connectivity index (χ2n) is 9.08. The number of carbonyl (C=O) groups is 1. The summed E-state index contributed by atoms with van der Waals surface area (Å²) in [4.78, 5) is 18.9. The minimum absolute atomic E-state index is 0.132. The predicted molar refractivity (Wildman–Crippen MR) is 140 cm³/mol. The third-order valence-electron chi connectivity index (χ3n) is 6.31. The first kappa shape index (κ1) is 23.3. The van der Waals surface area contributed by atoms with Gasteiger partial charge in [-0.05, 0) is 60.2 Å². The average molecular weight is 484 g/mol. The molecule has 0 spiro atoms. The maximum absolute atomic E-state index is 12.7. The van der Waals surface area contributed by atoms with Crippen LogP contribution in [-0.2, 0) is 5.75 Å². The molecule has 0 N–H and O–H groups in total. The molecule has 0 unspecified atom stereocenters. The van der Waals surface area contributed by atoms with E-state index in [1.165, 1.54) is 5.56 Å². The standard InChI is InChI=1S/C28H29N5OS/c1-20(2)24-9-3-4-10-25(24)33-26(23-8-7-15-29-18-23)30-31-28(33)35-19-21-11-13-22(14-12-21)27(34)32-16-5-6-17-32/h3-4,7-15,18,20H,5-6,16-17,19H2,1-2H3. The highest BCUT2D eigenvalue weighted by Crippen LogP contribution is 2.33. The second-order valence-corrected chi connectivity index (χ2v) is 10.0. The lowest BCUT2D eigenvalue weighted by atomic mass is 10.0. The van der Waals surface area contributed by atoms with E-state index in [9.17, 15) is 4.79 Å². The first-order valence-corrected chi connectivity index (χ1v) is 13.1. The van der Waals surface area contributed by atoms with Crippen molar-refractivity contribution in [3.63, 3.8) is 0 Å². The molecule has 35 heavy (non-hydrogen) atoms. The first-order valence-electron chi connectivity index (χ1n) is 12.1. The molecule has 1 aliphatic heterocycles. The third-order valence-corrected chi connectivity index (χ3v) is 7.31. The van der Waals surface area contributed by atoms with Crippen LogP contribution in [0.5, 0.6) is 0 Å². The number of nitrogens with zero attached hydrogens (tertiary/aromatic N) is 5. The van der Waals surface area contributed by atoms with E-state index < -0.39 is 0 Å². The summed E-state index contributed by atoms with van der Waals surface area (Å²) < 4.78 is 2.14. The molecule has 0 radical (unpaired) electrons. The van der Waals surface area contributed by atoms with Gasteiger partial charge in [0.25, 0.3) is 5.91 Å². The number of hydrogen-bond acceptors (Lipinski definition) is 5. The lowest BCUT2D eigenvalue weighted by Crippen LogP contribution is -2.27. The van der Waals surface area contributed by atoms with Gasteiger partial charge in [-0.3, -0.25) is 14.3 Å². The molecule has 0 aliphatic carbocycles. The molecule has 2 aromatic carbocycles. The molecule has 2 aromatic heterocycles. The zero-order valence-electron chi connectivity index (χ0n) is 20.1. The summed E-state index contributed by atoms with van der Waals surface area (Å²) >= 11 is 1.64. The first-order chi connectivity index (χ1) is 17.1. The lowest BCUT2D eigenvalue weighted by Gasteiger charge is -2.17. The van der Waals surface area contributed by atoms with E-state index in [4.69, 9.17) is 0 Å². The van der Waals surface area contributed by atoms with Crippen molar-refractivity contribution in [2.45, 2.75) is 43.5 Å². The van der Waals surface area contributed by atoms with Crippen molar-refractivity contribution in [1.29, 1.82) is 0 Å². The summed E-state index contributed by atoms with van der Waals surface area (Å²) in [7, 11) is 0. The molecule has 1 saturated heterocycles. The van der Waals surface area contributed by atoms with Crippen molar-refractivity contribution in [3.05, 3.63) is 89.7 Å². The quantitative estimate of drug-likeness (QED) is 0.303. The summed E-state index contributed by atoms with van der Waals surface area (Å²) in [6, 6.07) is 20.3. The van der Waals surface area contributed by atoms with E-state index in [2.05, 4.69) is 57.9 Å². The van der Waals surface area contributed by atoms with Gasteiger partial charge in [0, 0.05) is 42.4 Å². The Bertz CT molecular complexity index is 1290. The smallest absolute Gasteiger partial charge is 0.253 e. The van der Waals surface area contributed by atoms with Crippen molar-refractivity contribution >= 4 is 17.7 Å². The van der Waals surface area contributed by atoms with Crippen LogP contribution in [0.1, 0.15) is 54.1 Å². The number of rotatable bonds is 7. The molecule has 1 aliphatic rings. The molecule has 0 bridgehead atoms. The Morgan fingerprint density at radius 1 is 0.971 bits per heavy atom. The summed E-state index contributed by atoms with van der Waals surface area (Å²) in [5.41, 5.74) is 5.15. The maximum atomic E-state index is 12.7. The van der Waals surface area contributed by atoms with E-state index in [-0.39, 0.29) is 5.91 Å². The average Bonchev–Trinajstić information content (AvgIpc) is 3.58. The number of benzene rings is 2. The van der Waals surface area contributed by atoms with E-state index in [0.717, 1.165) is 65.0 Å². The van der Waals surface area contributed by atoms with Gasteiger partial charge in [-0.2, -0.15) is 0 Å². The number of carbonyl (C=O) groups excluding carboxylic acids is 1. The minimum atomic E-state index is 0.132. The number of thioether (sulfide) groups is 1. The highest BCUT2D eigenvalue weighted by Gasteiger charge is 2.21. The number of hydrogen-bond donors (Lipinski definition) is 0. The van der Waals surface area contributed by atoms with Crippen molar-refractivity contribution in [1.82, 2.24) is 24.6 Å². The largest absolute Gasteiger partial charge is 0.339 e. The van der Waals surface area contributed by atoms with Crippen LogP contribution in [0.3, 0.4) is 0 Å². The molecule has 1 amide bonds. The van der Waals surface area contributed by atoms with Crippen LogP contribution in [-0.4, -0.2) is 43.6 Å². The maximum Gasteiger partial charge on any atom is 0.253 e. The van der Waals surface area contributed by atoms with Crippen LogP contribution in [0.25, 0.3) is 17.1 Å². The van der Waals surface area contributed by atoms with Gasteiger partial charge in [-0.15, -0.1) is 10.2 Å². The van der Waals surface area contributed by atoms with Gasteiger partial charge in [0.1, 0.15) is 0 Å². The summed E-state index contributed by atoms with van der Waals surface area (Å²) in [5, 5.41) is 9.96.